The topological polar surface area (TPSA) is 87.0 Å². The fourth-order valence-electron chi connectivity index (χ4n) is 3.25. The van der Waals surface area contributed by atoms with Gasteiger partial charge in [0.1, 0.15) is 5.69 Å². The molecule has 0 atom stereocenters. The van der Waals surface area contributed by atoms with Gasteiger partial charge in [-0.2, -0.15) is 0 Å². The van der Waals surface area contributed by atoms with E-state index >= 15 is 0 Å². The smallest absolute Gasteiger partial charge is 0.269 e. The van der Waals surface area contributed by atoms with Crippen molar-refractivity contribution in [1.82, 2.24) is 14.8 Å². The zero-order valence-corrected chi connectivity index (χ0v) is 15.5. The molecule has 4 aromatic rings. The highest BCUT2D eigenvalue weighted by atomic mass is 16.6. The third-order valence-electron chi connectivity index (χ3n) is 4.73. The number of fused-ring (bicyclic) bond motifs is 1. The van der Waals surface area contributed by atoms with Gasteiger partial charge >= 0.3 is 0 Å². The van der Waals surface area contributed by atoms with Crippen LogP contribution in [-0.4, -0.2) is 19.7 Å². The number of para-hydroxylation sites is 1. The zero-order chi connectivity index (χ0) is 19.5. The first-order valence-electron chi connectivity index (χ1n) is 9.30. The molecule has 0 bridgehead atoms. The summed E-state index contributed by atoms with van der Waals surface area (Å²) >= 11 is 0. The summed E-state index contributed by atoms with van der Waals surface area (Å²) in [6.07, 6.45) is 2.84. The minimum absolute atomic E-state index is 0.0822. The lowest BCUT2D eigenvalue weighted by molar-refractivity contribution is -0.384. The van der Waals surface area contributed by atoms with Gasteiger partial charge in [-0.25, -0.2) is 0 Å². The van der Waals surface area contributed by atoms with Crippen LogP contribution >= 0.6 is 0 Å². The van der Waals surface area contributed by atoms with Crippen molar-refractivity contribution in [3.8, 4) is 11.6 Å². The number of rotatable bonds is 7. The predicted octanol–water partition coefficient (Wildman–Crippen LogP) is 4.99. The lowest BCUT2D eigenvalue weighted by atomic mass is 10.2. The fourth-order valence-corrected chi connectivity index (χ4v) is 3.25. The molecule has 0 aliphatic rings. The van der Waals surface area contributed by atoms with Gasteiger partial charge in [-0.05, 0) is 24.1 Å². The van der Waals surface area contributed by atoms with Crippen LogP contribution in [0.4, 0.5) is 5.69 Å². The maximum absolute atomic E-state index is 10.9. The minimum Gasteiger partial charge on any atom is -0.419 e. The third-order valence-corrected chi connectivity index (χ3v) is 4.73. The molecular weight excluding hydrogens is 356 g/mol. The number of non-ortho nitro benzene ring substituents is 1. The first kappa shape index (κ1) is 17.9. The maximum atomic E-state index is 10.9. The van der Waals surface area contributed by atoms with Gasteiger partial charge in [0.2, 0.25) is 5.89 Å². The summed E-state index contributed by atoms with van der Waals surface area (Å²) in [5.41, 5.74) is 2.93. The van der Waals surface area contributed by atoms with Crippen LogP contribution in [0.25, 0.3) is 22.5 Å². The van der Waals surface area contributed by atoms with Crippen LogP contribution < -0.4 is 0 Å². The molecule has 0 saturated carbocycles. The number of aryl methyl sites for hydroxylation is 1. The van der Waals surface area contributed by atoms with E-state index in [1.807, 2.05) is 30.3 Å². The fraction of sp³-hybridized carbons (Fsp3) is 0.238. The molecule has 0 unspecified atom stereocenters. The Morgan fingerprint density at radius 1 is 1.11 bits per heavy atom. The normalized spacial score (nSPS) is 11.2. The van der Waals surface area contributed by atoms with E-state index in [2.05, 4.69) is 21.7 Å². The van der Waals surface area contributed by atoms with Crippen molar-refractivity contribution in [3.63, 3.8) is 0 Å². The highest BCUT2D eigenvalue weighted by Crippen LogP contribution is 2.29. The van der Waals surface area contributed by atoms with Gasteiger partial charge in [-0.1, -0.05) is 43.7 Å². The van der Waals surface area contributed by atoms with Crippen LogP contribution in [0.1, 0.15) is 31.2 Å². The lowest BCUT2D eigenvalue weighted by Gasteiger charge is -2.09. The van der Waals surface area contributed by atoms with Crippen molar-refractivity contribution in [2.24, 2.45) is 0 Å². The lowest BCUT2D eigenvalue weighted by Crippen LogP contribution is -2.02. The second-order valence-corrected chi connectivity index (χ2v) is 6.70. The molecule has 0 saturated heterocycles. The van der Waals surface area contributed by atoms with Crippen molar-refractivity contribution in [2.75, 3.05) is 0 Å². The van der Waals surface area contributed by atoms with Crippen LogP contribution in [-0.2, 0) is 13.0 Å². The van der Waals surface area contributed by atoms with Gasteiger partial charge in [-0.15, -0.1) is 10.2 Å². The van der Waals surface area contributed by atoms with Crippen molar-refractivity contribution in [3.05, 3.63) is 76.2 Å². The number of unbranched alkanes of at least 4 members (excludes halogenated alkanes) is 1. The Bertz CT molecular complexity index is 1110. The number of hydrogen-bond donors (Lipinski definition) is 0. The summed E-state index contributed by atoms with van der Waals surface area (Å²) < 4.78 is 8.00. The maximum Gasteiger partial charge on any atom is 0.269 e. The molecular formula is C21H20N4O3. The standard InChI is InChI=1S/C21H20N4O3/c1-2-3-8-20-22-23-21(28-20)19-13-16-6-4-5-7-18(16)24(19)14-15-9-11-17(12-10-15)25(26)27/h4-7,9-13H,2-3,8,14H2,1H3. The molecule has 2 aromatic carbocycles. The molecule has 0 aliphatic heterocycles. The number of nitrogens with zero attached hydrogens (tertiary/aromatic N) is 4. The summed E-state index contributed by atoms with van der Waals surface area (Å²) in [6.45, 7) is 2.67. The monoisotopic (exact) mass is 376 g/mol. The SMILES string of the molecule is CCCCc1nnc(-c2cc3ccccc3n2Cc2ccc([N+](=O)[O-])cc2)o1. The molecule has 142 valence electrons. The summed E-state index contributed by atoms with van der Waals surface area (Å²) in [4.78, 5) is 10.5. The second-order valence-electron chi connectivity index (χ2n) is 6.70. The van der Waals surface area contributed by atoms with Gasteiger partial charge in [-0.3, -0.25) is 10.1 Å². The van der Waals surface area contributed by atoms with Crippen molar-refractivity contribution < 1.29 is 9.34 Å². The van der Waals surface area contributed by atoms with Crippen molar-refractivity contribution in [2.45, 2.75) is 32.7 Å². The molecule has 2 heterocycles. The Hall–Kier alpha value is -3.48. The van der Waals surface area contributed by atoms with E-state index in [9.17, 15) is 10.1 Å². The number of nitro groups is 1. The molecule has 0 spiro atoms. The minimum atomic E-state index is -0.392. The predicted molar refractivity (Wildman–Crippen MR) is 106 cm³/mol. The highest BCUT2D eigenvalue weighted by Gasteiger charge is 2.17. The molecule has 0 radical (unpaired) electrons. The number of benzene rings is 2. The molecule has 28 heavy (non-hydrogen) atoms. The first-order valence-corrected chi connectivity index (χ1v) is 9.30. The Kier molecular flexibility index (Phi) is 4.89. The molecule has 0 N–H and O–H groups in total. The van der Waals surface area contributed by atoms with Crippen molar-refractivity contribution in [1.29, 1.82) is 0 Å². The number of nitro benzene ring substituents is 1. The van der Waals surface area contributed by atoms with E-state index in [1.165, 1.54) is 12.1 Å². The van der Waals surface area contributed by atoms with Gasteiger partial charge < -0.3 is 8.98 Å². The summed E-state index contributed by atoms with van der Waals surface area (Å²) in [5.74, 6) is 1.13. The Labute approximate surface area is 161 Å². The zero-order valence-electron chi connectivity index (χ0n) is 15.5. The molecule has 0 fully saturated rings. The van der Waals surface area contributed by atoms with Crippen LogP contribution in [0, 0.1) is 10.1 Å². The largest absolute Gasteiger partial charge is 0.419 e. The van der Waals surface area contributed by atoms with E-state index in [0.717, 1.165) is 41.4 Å². The van der Waals surface area contributed by atoms with E-state index < -0.39 is 4.92 Å². The average Bonchev–Trinajstić information content (AvgIpc) is 3.32. The Morgan fingerprint density at radius 2 is 1.89 bits per heavy atom. The molecule has 7 heteroatoms. The molecule has 0 aliphatic carbocycles. The summed E-state index contributed by atoms with van der Waals surface area (Å²) in [5, 5.41) is 20.4. The Balaban J connectivity index is 1.73. The van der Waals surface area contributed by atoms with Crippen LogP contribution in [0.2, 0.25) is 0 Å². The van der Waals surface area contributed by atoms with Crippen LogP contribution in [0.3, 0.4) is 0 Å². The van der Waals surface area contributed by atoms with E-state index in [-0.39, 0.29) is 5.69 Å². The average molecular weight is 376 g/mol. The van der Waals surface area contributed by atoms with Crippen LogP contribution in [0.5, 0.6) is 0 Å². The van der Waals surface area contributed by atoms with E-state index in [1.54, 1.807) is 12.1 Å². The summed E-state index contributed by atoms with van der Waals surface area (Å²) in [7, 11) is 0. The quantitative estimate of drug-likeness (QED) is 0.335. The first-order chi connectivity index (χ1) is 13.7. The van der Waals surface area contributed by atoms with Gasteiger partial charge in [0.15, 0.2) is 0 Å². The molecule has 2 aromatic heterocycles. The van der Waals surface area contributed by atoms with Crippen LogP contribution in [0.15, 0.2) is 59.0 Å². The van der Waals surface area contributed by atoms with E-state index in [0.29, 0.717) is 18.3 Å². The number of aromatic nitrogens is 3. The second kappa shape index (κ2) is 7.64. The highest BCUT2D eigenvalue weighted by molar-refractivity contribution is 5.85. The van der Waals surface area contributed by atoms with Gasteiger partial charge in [0.25, 0.3) is 11.6 Å². The number of hydrogen-bond acceptors (Lipinski definition) is 5. The van der Waals surface area contributed by atoms with Gasteiger partial charge in [0.05, 0.1) is 4.92 Å². The molecule has 7 nitrogen and oxygen atoms in total. The third kappa shape index (κ3) is 3.51. The summed E-state index contributed by atoms with van der Waals surface area (Å²) in [6, 6.07) is 16.7. The molecule has 0 amide bonds. The van der Waals surface area contributed by atoms with Gasteiger partial charge in [0, 0.05) is 36.0 Å². The Morgan fingerprint density at radius 3 is 2.64 bits per heavy atom. The van der Waals surface area contributed by atoms with Crippen molar-refractivity contribution >= 4 is 16.6 Å². The molecule has 4 rings (SSSR count). The van der Waals surface area contributed by atoms with E-state index in [4.69, 9.17) is 4.42 Å².